The van der Waals surface area contributed by atoms with E-state index in [-0.39, 0.29) is 17.5 Å². The number of rotatable bonds is 9. The maximum Gasteiger partial charge on any atom is 0.272 e. The summed E-state index contributed by atoms with van der Waals surface area (Å²) in [4.78, 5) is 36.0. The number of hydrogen-bond acceptors (Lipinski definition) is 5. The van der Waals surface area contributed by atoms with Crippen LogP contribution in [0, 0.1) is 17.0 Å². The van der Waals surface area contributed by atoms with E-state index < -0.39 is 11.0 Å². The summed E-state index contributed by atoms with van der Waals surface area (Å²) in [6.07, 6.45) is 2.04. The lowest BCUT2D eigenvalue weighted by Crippen LogP contribution is -2.39. The van der Waals surface area contributed by atoms with Crippen LogP contribution in [-0.2, 0) is 9.59 Å². The zero-order valence-electron chi connectivity index (χ0n) is 15.2. The fourth-order valence-electron chi connectivity index (χ4n) is 2.93. The molecule has 1 aromatic carbocycles. The number of carbonyl (C=O) groups excluding carboxylic acids is 2. The average Bonchev–Trinajstić information content (AvgIpc) is 3.01. The molecule has 1 aliphatic rings. The number of likely N-dealkylation sites (tertiary alicyclic amines) is 1. The molecular weight excluding hydrogens is 338 g/mol. The predicted octanol–water partition coefficient (Wildman–Crippen LogP) is 2.19. The molecule has 0 saturated carbocycles. The van der Waals surface area contributed by atoms with E-state index in [1.807, 2.05) is 11.8 Å². The Morgan fingerprint density at radius 2 is 2.23 bits per heavy atom. The standard InChI is InChI=1S/C18H25N3O5/c1-3-16(26-14-7-8-15(21(24)25)13(2)12-14)18(23)19-9-5-11-20-10-4-6-17(20)22/h7-8,12,16H,3-6,9-11H2,1-2H3,(H,19,23)/t16-/m1/s1. The van der Waals surface area contributed by atoms with Gasteiger partial charge in [0.15, 0.2) is 6.10 Å². The Balaban J connectivity index is 1.81. The van der Waals surface area contributed by atoms with Gasteiger partial charge < -0.3 is 15.0 Å². The number of nitrogens with one attached hydrogen (secondary N) is 1. The van der Waals surface area contributed by atoms with Gasteiger partial charge in [-0.05, 0) is 38.3 Å². The number of hydrogen-bond donors (Lipinski definition) is 1. The molecule has 1 aliphatic heterocycles. The Morgan fingerprint density at radius 1 is 1.46 bits per heavy atom. The Bertz CT molecular complexity index is 677. The van der Waals surface area contributed by atoms with Crippen LogP contribution in [0.25, 0.3) is 0 Å². The van der Waals surface area contributed by atoms with Crippen molar-refractivity contribution in [2.45, 2.75) is 45.6 Å². The van der Waals surface area contributed by atoms with E-state index in [2.05, 4.69) is 5.32 Å². The summed E-state index contributed by atoms with van der Waals surface area (Å²) in [5, 5.41) is 13.7. The average molecular weight is 363 g/mol. The van der Waals surface area contributed by atoms with Crippen molar-refractivity contribution in [1.82, 2.24) is 10.2 Å². The van der Waals surface area contributed by atoms with Gasteiger partial charge in [-0.3, -0.25) is 19.7 Å². The quantitative estimate of drug-likeness (QED) is 0.412. The lowest BCUT2D eigenvalue weighted by atomic mass is 10.2. The molecule has 2 amide bonds. The van der Waals surface area contributed by atoms with Crippen LogP contribution in [0.15, 0.2) is 18.2 Å². The smallest absolute Gasteiger partial charge is 0.272 e. The third kappa shape index (κ3) is 5.18. The maximum atomic E-state index is 12.3. The van der Waals surface area contributed by atoms with Gasteiger partial charge in [-0.1, -0.05) is 6.92 Å². The Morgan fingerprint density at radius 3 is 2.81 bits per heavy atom. The van der Waals surface area contributed by atoms with Crippen molar-refractivity contribution in [3.05, 3.63) is 33.9 Å². The van der Waals surface area contributed by atoms with Crippen LogP contribution in [-0.4, -0.2) is 47.4 Å². The number of ether oxygens (including phenoxy) is 1. The number of aryl methyl sites for hydroxylation is 1. The lowest BCUT2D eigenvalue weighted by Gasteiger charge is -2.19. The van der Waals surface area contributed by atoms with E-state index >= 15 is 0 Å². The third-order valence-corrected chi connectivity index (χ3v) is 4.38. The molecule has 1 N–H and O–H groups in total. The molecule has 0 radical (unpaired) electrons. The second-order valence-corrected chi connectivity index (χ2v) is 6.35. The molecule has 0 spiro atoms. The normalized spacial score (nSPS) is 15.0. The van der Waals surface area contributed by atoms with Gasteiger partial charge in [0.25, 0.3) is 11.6 Å². The van der Waals surface area contributed by atoms with E-state index in [4.69, 9.17) is 4.74 Å². The van der Waals surface area contributed by atoms with E-state index in [0.717, 1.165) is 13.0 Å². The van der Waals surface area contributed by atoms with E-state index in [1.54, 1.807) is 13.0 Å². The van der Waals surface area contributed by atoms with Gasteiger partial charge in [0.1, 0.15) is 5.75 Å². The molecule has 0 aromatic heterocycles. The van der Waals surface area contributed by atoms with Crippen LogP contribution in [0.5, 0.6) is 5.75 Å². The number of carbonyl (C=O) groups is 2. The maximum absolute atomic E-state index is 12.3. The van der Waals surface area contributed by atoms with Crippen molar-refractivity contribution in [1.29, 1.82) is 0 Å². The fraction of sp³-hybridized carbons (Fsp3) is 0.556. The lowest BCUT2D eigenvalue weighted by molar-refractivity contribution is -0.385. The first kappa shape index (κ1) is 19.7. The van der Waals surface area contributed by atoms with Crippen molar-refractivity contribution >= 4 is 17.5 Å². The van der Waals surface area contributed by atoms with Crippen LogP contribution in [0.1, 0.15) is 38.2 Å². The highest BCUT2D eigenvalue weighted by atomic mass is 16.6. The molecule has 1 atom stereocenters. The first-order valence-electron chi connectivity index (χ1n) is 8.89. The fourth-order valence-corrected chi connectivity index (χ4v) is 2.93. The third-order valence-electron chi connectivity index (χ3n) is 4.38. The first-order valence-corrected chi connectivity index (χ1v) is 8.89. The van der Waals surface area contributed by atoms with Gasteiger partial charge in [-0.15, -0.1) is 0 Å². The van der Waals surface area contributed by atoms with Crippen molar-refractivity contribution in [3.8, 4) is 5.75 Å². The van der Waals surface area contributed by atoms with Crippen LogP contribution in [0.4, 0.5) is 5.69 Å². The highest BCUT2D eigenvalue weighted by Crippen LogP contribution is 2.24. The molecule has 1 saturated heterocycles. The molecule has 8 nitrogen and oxygen atoms in total. The minimum Gasteiger partial charge on any atom is -0.481 e. The molecule has 0 aliphatic carbocycles. The van der Waals surface area contributed by atoms with Crippen molar-refractivity contribution in [3.63, 3.8) is 0 Å². The first-order chi connectivity index (χ1) is 12.4. The summed E-state index contributed by atoms with van der Waals surface area (Å²) in [5.74, 6) is 0.383. The Hall–Kier alpha value is -2.64. The van der Waals surface area contributed by atoms with E-state index in [0.29, 0.717) is 43.7 Å². The SMILES string of the molecule is CC[C@@H](Oc1ccc([N+](=O)[O-])c(C)c1)C(=O)NCCCN1CCCC1=O. The number of amides is 2. The van der Waals surface area contributed by atoms with Gasteiger partial charge in [0, 0.05) is 37.7 Å². The van der Waals surface area contributed by atoms with E-state index in [1.165, 1.54) is 12.1 Å². The number of nitro groups is 1. The topological polar surface area (TPSA) is 102 Å². The largest absolute Gasteiger partial charge is 0.481 e. The molecule has 0 unspecified atom stereocenters. The molecule has 142 valence electrons. The van der Waals surface area contributed by atoms with Gasteiger partial charge in [-0.2, -0.15) is 0 Å². The van der Waals surface area contributed by atoms with Gasteiger partial charge in [0.2, 0.25) is 5.91 Å². The molecule has 0 bridgehead atoms. The number of nitrogens with zero attached hydrogens (tertiary/aromatic N) is 2. The minimum atomic E-state index is -0.663. The highest BCUT2D eigenvalue weighted by molar-refractivity contribution is 5.81. The molecule has 1 fully saturated rings. The second-order valence-electron chi connectivity index (χ2n) is 6.35. The van der Waals surface area contributed by atoms with Crippen molar-refractivity contribution in [2.75, 3.05) is 19.6 Å². The summed E-state index contributed by atoms with van der Waals surface area (Å²) in [6.45, 7) is 5.39. The monoisotopic (exact) mass is 363 g/mol. The minimum absolute atomic E-state index is 0.0197. The van der Waals surface area contributed by atoms with Gasteiger partial charge >= 0.3 is 0 Å². The molecule has 1 heterocycles. The number of benzene rings is 1. The Kier molecular flexibility index (Phi) is 6.94. The Labute approximate surface area is 152 Å². The van der Waals surface area contributed by atoms with Gasteiger partial charge in [-0.25, -0.2) is 0 Å². The second kappa shape index (κ2) is 9.17. The summed E-state index contributed by atoms with van der Waals surface area (Å²) in [6, 6.07) is 4.44. The summed E-state index contributed by atoms with van der Waals surface area (Å²) >= 11 is 0. The van der Waals surface area contributed by atoms with E-state index in [9.17, 15) is 19.7 Å². The zero-order valence-corrected chi connectivity index (χ0v) is 15.2. The van der Waals surface area contributed by atoms with Crippen LogP contribution in [0.2, 0.25) is 0 Å². The van der Waals surface area contributed by atoms with Crippen LogP contribution < -0.4 is 10.1 Å². The zero-order chi connectivity index (χ0) is 19.1. The van der Waals surface area contributed by atoms with Crippen LogP contribution in [0.3, 0.4) is 0 Å². The summed E-state index contributed by atoms with van der Waals surface area (Å²) in [5.41, 5.74) is 0.504. The molecule has 2 rings (SSSR count). The molecule has 8 heteroatoms. The highest BCUT2D eigenvalue weighted by Gasteiger charge is 2.21. The van der Waals surface area contributed by atoms with Crippen molar-refractivity contribution in [2.24, 2.45) is 0 Å². The summed E-state index contributed by atoms with van der Waals surface area (Å²) in [7, 11) is 0. The predicted molar refractivity (Wildman–Crippen MR) is 96.0 cm³/mol. The summed E-state index contributed by atoms with van der Waals surface area (Å²) < 4.78 is 5.69. The molecular formula is C18H25N3O5. The van der Waals surface area contributed by atoms with Crippen molar-refractivity contribution < 1.29 is 19.2 Å². The molecule has 26 heavy (non-hydrogen) atoms. The van der Waals surface area contributed by atoms with Crippen LogP contribution >= 0.6 is 0 Å². The molecule has 1 aromatic rings. The van der Waals surface area contributed by atoms with Gasteiger partial charge in [0.05, 0.1) is 4.92 Å². The number of nitro benzene ring substituents is 1.